The Morgan fingerprint density at radius 3 is 2.68 bits per heavy atom. The van der Waals surface area contributed by atoms with Gasteiger partial charge in [0.15, 0.2) is 0 Å². The van der Waals surface area contributed by atoms with Gasteiger partial charge in [0.05, 0.1) is 13.5 Å². The number of aromatic nitrogens is 1. The number of H-pyrrole nitrogens is 1. The number of methoxy groups -OCH3 is 1. The monoisotopic (exact) mass is 268 g/mol. The Hall–Kier alpha value is -2.64. The first-order chi connectivity index (χ1) is 8.95. The van der Waals surface area contributed by atoms with Crippen LogP contribution in [0.25, 0.3) is 0 Å². The van der Waals surface area contributed by atoms with E-state index in [0.29, 0.717) is 0 Å². The molecular formula is C11H12N2O6. The molecule has 0 aromatic carbocycles. The van der Waals surface area contributed by atoms with Crippen molar-refractivity contribution in [2.75, 3.05) is 7.11 Å². The zero-order valence-electron chi connectivity index (χ0n) is 10.0. The number of rotatable bonds is 5. The summed E-state index contributed by atoms with van der Waals surface area (Å²) in [5.74, 6) is -3.06. The Labute approximate surface area is 107 Å². The zero-order chi connectivity index (χ0) is 14.4. The molecule has 0 aliphatic rings. The van der Waals surface area contributed by atoms with Crippen molar-refractivity contribution in [2.24, 2.45) is 0 Å². The molecule has 102 valence electrons. The zero-order valence-corrected chi connectivity index (χ0v) is 10.0. The summed E-state index contributed by atoms with van der Waals surface area (Å²) in [6, 6.07) is 1.21. The average molecular weight is 268 g/mol. The second kappa shape index (κ2) is 6.34. The van der Waals surface area contributed by atoms with Crippen LogP contribution in [0.2, 0.25) is 0 Å². The fraction of sp³-hybridized carbons (Fsp3) is 0.273. The normalized spacial score (nSPS) is 11.4. The number of carbonyl (C=O) groups excluding carboxylic acids is 2. The molecule has 0 spiro atoms. The summed E-state index contributed by atoms with van der Waals surface area (Å²) in [7, 11) is 1.10. The van der Waals surface area contributed by atoms with Gasteiger partial charge < -0.3 is 20.1 Å². The Morgan fingerprint density at radius 1 is 1.47 bits per heavy atom. The van der Waals surface area contributed by atoms with Gasteiger partial charge in [-0.25, -0.2) is 4.79 Å². The van der Waals surface area contributed by atoms with Gasteiger partial charge in [-0.15, -0.1) is 0 Å². The third-order valence-corrected chi connectivity index (χ3v) is 2.26. The summed E-state index contributed by atoms with van der Waals surface area (Å²) in [6.45, 7) is 0. The number of carbonyl (C=O) groups is 3. The van der Waals surface area contributed by atoms with E-state index in [1.807, 2.05) is 0 Å². The van der Waals surface area contributed by atoms with Gasteiger partial charge in [-0.05, 0) is 12.1 Å². The molecule has 3 N–H and O–H groups in total. The van der Waals surface area contributed by atoms with Gasteiger partial charge in [0.2, 0.25) is 0 Å². The lowest BCUT2D eigenvalue weighted by Crippen LogP contribution is -2.43. The van der Waals surface area contributed by atoms with Crippen molar-refractivity contribution in [3.8, 4) is 0 Å². The highest BCUT2D eigenvalue weighted by molar-refractivity contribution is 5.97. The molecular weight excluding hydrogens is 256 g/mol. The first kappa shape index (κ1) is 14.4. The summed E-state index contributed by atoms with van der Waals surface area (Å²) in [5.41, 5.74) is -0.888. The van der Waals surface area contributed by atoms with Gasteiger partial charge in [-0.1, -0.05) is 0 Å². The van der Waals surface area contributed by atoms with E-state index in [1.54, 1.807) is 0 Å². The Balaban J connectivity index is 2.83. The van der Waals surface area contributed by atoms with E-state index in [9.17, 15) is 19.2 Å². The van der Waals surface area contributed by atoms with Crippen molar-refractivity contribution >= 4 is 17.8 Å². The van der Waals surface area contributed by atoms with Gasteiger partial charge in [0, 0.05) is 6.20 Å². The largest absolute Gasteiger partial charge is 0.480 e. The minimum Gasteiger partial charge on any atom is -0.480 e. The molecule has 1 aromatic rings. The van der Waals surface area contributed by atoms with Crippen LogP contribution in [0.4, 0.5) is 0 Å². The number of aromatic amines is 1. The van der Waals surface area contributed by atoms with Gasteiger partial charge in [-0.2, -0.15) is 0 Å². The maximum atomic E-state index is 11.7. The van der Waals surface area contributed by atoms with Gasteiger partial charge >= 0.3 is 11.9 Å². The molecule has 1 rings (SSSR count). The molecule has 19 heavy (non-hydrogen) atoms. The van der Waals surface area contributed by atoms with Crippen LogP contribution in [0.1, 0.15) is 16.8 Å². The number of ether oxygens (including phenoxy) is 1. The maximum Gasteiger partial charge on any atom is 0.326 e. The van der Waals surface area contributed by atoms with Gasteiger partial charge in [0.1, 0.15) is 11.6 Å². The molecule has 8 heteroatoms. The van der Waals surface area contributed by atoms with Crippen LogP contribution in [0, 0.1) is 0 Å². The van der Waals surface area contributed by atoms with E-state index in [-0.39, 0.29) is 5.56 Å². The average Bonchev–Trinajstić information content (AvgIpc) is 2.37. The number of aliphatic carboxylic acids is 1. The number of nitrogens with one attached hydrogen (secondary N) is 2. The summed E-state index contributed by atoms with van der Waals surface area (Å²) in [4.78, 5) is 47.2. The minimum atomic E-state index is -1.46. The van der Waals surface area contributed by atoms with E-state index in [1.165, 1.54) is 18.3 Å². The molecule has 0 saturated carbocycles. The minimum absolute atomic E-state index is 0.237. The molecule has 0 aliphatic heterocycles. The SMILES string of the molecule is COC(=O)C[C@H](NC(=O)c1ccc[nH]c1=O)C(=O)O. The van der Waals surface area contributed by atoms with Crippen LogP contribution < -0.4 is 10.9 Å². The molecule has 1 amide bonds. The molecule has 0 fully saturated rings. The number of hydrogen-bond acceptors (Lipinski definition) is 5. The standard InChI is InChI=1S/C11H12N2O6/c1-19-8(14)5-7(11(17)18)13-10(16)6-3-2-4-12-9(6)15/h2-4,7H,5H2,1H3,(H,12,15)(H,13,16)(H,17,18)/t7-/m0/s1. The molecule has 0 bridgehead atoms. The number of amides is 1. The second-order valence-corrected chi connectivity index (χ2v) is 3.56. The summed E-state index contributed by atoms with van der Waals surface area (Å²) < 4.78 is 4.32. The van der Waals surface area contributed by atoms with Crippen LogP contribution in [0.3, 0.4) is 0 Å². The second-order valence-electron chi connectivity index (χ2n) is 3.56. The van der Waals surface area contributed by atoms with Crippen molar-refractivity contribution in [1.82, 2.24) is 10.3 Å². The number of carboxylic acid groups (broad SMARTS) is 1. The fourth-order valence-corrected chi connectivity index (χ4v) is 1.29. The van der Waals surface area contributed by atoms with Crippen LogP contribution in [0.5, 0.6) is 0 Å². The predicted molar refractivity (Wildman–Crippen MR) is 62.6 cm³/mol. The number of carboxylic acids is 1. The van der Waals surface area contributed by atoms with E-state index >= 15 is 0 Å². The van der Waals surface area contributed by atoms with Gasteiger partial charge in [0.25, 0.3) is 11.5 Å². The molecule has 0 unspecified atom stereocenters. The Bertz CT molecular complexity index is 550. The molecule has 0 saturated heterocycles. The van der Waals surface area contributed by atoms with Crippen molar-refractivity contribution < 1.29 is 24.2 Å². The van der Waals surface area contributed by atoms with E-state index < -0.39 is 35.9 Å². The smallest absolute Gasteiger partial charge is 0.326 e. The third-order valence-electron chi connectivity index (χ3n) is 2.26. The summed E-state index contributed by atoms with van der Waals surface area (Å²) in [6.07, 6.45) is 0.810. The summed E-state index contributed by atoms with van der Waals surface area (Å²) >= 11 is 0. The highest BCUT2D eigenvalue weighted by atomic mass is 16.5. The van der Waals surface area contributed by atoms with Gasteiger partial charge in [-0.3, -0.25) is 14.4 Å². The van der Waals surface area contributed by atoms with E-state index in [0.717, 1.165) is 7.11 Å². The Morgan fingerprint density at radius 2 is 2.16 bits per heavy atom. The molecule has 1 aromatic heterocycles. The Kier molecular flexibility index (Phi) is 4.81. The molecule has 0 radical (unpaired) electrons. The van der Waals surface area contributed by atoms with Crippen LogP contribution >= 0.6 is 0 Å². The van der Waals surface area contributed by atoms with Crippen LogP contribution in [0.15, 0.2) is 23.1 Å². The van der Waals surface area contributed by atoms with Crippen LogP contribution in [-0.4, -0.2) is 41.1 Å². The van der Waals surface area contributed by atoms with Crippen molar-refractivity contribution in [1.29, 1.82) is 0 Å². The number of esters is 1. The van der Waals surface area contributed by atoms with E-state index in [4.69, 9.17) is 5.11 Å². The third kappa shape index (κ3) is 3.95. The van der Waals surface area contributed by atoms with Crippen molar-refractivity contribution in [3.05, 3.63) is 34.2 Å². The molecule has 8 nitrogen and oxygen atoms in total. The number of hydrogen-bond donors (Lipinski definition) is 3. The van der Waals surface area contributed by atoms with Crippen molar-refractivity contribution in [3.63, 3.8) is 0 Å². The molecule has 1 heterocycles. The lowest BCUT2D eigenvalue weighted by molar-refractivity contribution is -0.147. The summed E-state index contributed by atoms with van der Waals surface area (Å²) in [5, 5.41) is 11.0. The maximum absolute atomic E-state index is 11.7. The lowest BCUT2D eigenvalue weighted by Gasteiger charge is -2.12. The van der Waals surface area contributed by atoms with E-state index in [2.05, 4.69) is 15.0 Å². The molecule has 0 aliphatic carbocycles. The first-order valence-electron chi connectivity index (χ1n) is 5.24. The number of pyridine rings is 1. The lowest BCUT2D eigenvalue weighted by atomic mass is 10.2. The highest BCUT2D eigenvalue weighted by Crippen LogP contribution is 1.98. The highest BCUT2D eigenvalue weighted by Gasteiger charge is 2.25. The first-order valence-corrected chi connectivity index (χ1v) is 5.24. The topological polar surface area (TPSA) is 126 Å². The van der Waals surface area contributed by atoms with Crippen LogP contribution in [-0.2, 0) is 14.3 Å². The predicted octanol–water partition coefficient (Wildman–Crippen LogP) is -0.879. The quantitative estimate of drug-likeness (QED) is 0.595. The molecule has 1 atom stereocenters. The fourth-order valence-electron chi connectivity index (χ4n) is 1.29. The van der Waals surface area contributed by atoms with Crippen molar-refractivity contribution in [2.45, 2.75) is 12.5 Å².